The fraction of sp³-hybridized carbons (Fsp3) is 0.857. The predicted molar refractivity (Wildman–Crippen MR) is 75.9 cm³/mol. The van der Waals surface area contributed by atoms with Crippen LogP contribution in [-0.4, -0.2) is 23.5 Å². The van der Waals surface area contributed by atoms with Crippen LogP contribution in [0.25, 0.3) is 0 Å². The summed E-state index contributed by atoms with van der Waals surface area (Å²) >= 11 is 0. The molecule has 5 heteroatoms. The van der Waals surface area contributed by atoms with Crippen molar-refractivity contribution in [1.29, 1.82) is 0 Å². The molecule has 1 saturated carbocycles. The first kappa shape index (κ1) is 15.8. The second kappa shape index (κ2) is 5.39. The molecular formula is C14H27N3O2. The van der Waals surface area contributed by atoms with E-state index in [1.165, 1.54) is 0 Å². The van der Waals surface area contributed by atoms with Gasteiger partial charge in [0, 0.05) is 6.54 Å². The quantitative estimate of drug-likeness (QED) is 0.308. The van der Waals surface area contributed by atoms with E-state index in [9.17, 15) is 4.79 Å². The van der Waals surface area contributed by atoms with Crippen molar-refractivity contribution < 1.29 is 10.0 Å². The highest BCUT2D eigenvalue weighted by Gasteiger charge is 2.52. The predicted octanol–water partition coefficient (Wildman–Crippen LogP) is 1.95. The van der Waals surface area contributed by atoms with Crippen LogP contribution in [0.5, 0.6) is 0 Å². The van der Waals surface area contributed by atoms with Crippen molar-refractivity contribution in [3.05, 3.63) is 0 Å². The van der Waals surface area contributed by atoms with E-state index in [1.54, 1.807) is 0 Å². The van der Waals surface area contributed by atoms with Gasteiger partial charge in [0.25, 0.3) is 0 Å². The largest absolute Gasteiger partial charge is 0.409 e. The number of nitrogens with one attached hydrogen (secondary N) is 1. The SMILES string of the molecule is CC1CC(C(=O)NCC(C)(C)C(C)C)(C(N)=NO)C1. The van der Waals surface area contributed by atoms with Crippen LogP contribution in [0.4, 0.5) is 0 Å². The van der Waals surface area contributed by atoms with Crippen molar-refractivity contribution in [3.63, 3.8) is 0 Å². The molecule has 19 heavy (non-hydrogen) atoms. The first-order valence-corrected chi connectivity index (χ1v) is 6.92. The van der Waals surface area contributed by atoms with Gasteiger partial charge in [-0.1, -0.05) is 39.8 Å². The van der Waals surface area contributed by atoms with Crippen molar-refractivity contribution in [2.45, 2.75) is 47.5 Å². The van der Waals surface area contributed by atoms with Crippen LogP contribution in [0.3, 0.4) is 0 Å². The van der Waals surface area contributed by atoms with E-state index in [-0.39, 0.29) is 17.2 Å². The number of carbonyl (C=O) groups excluding carboxylic acids is 1. The van der Waals surface area contributed by atoms with Crippen molar-refractivity contribution >= 4 is 11.7 Å². The lowest BCUT2D eigenvalue weighted by molar-refractivity contribution is -0.133. The molecule has 5 nitrogen and oxygen atoms in total. The molecule has 0 spiro atoms. The van der Waals surface area contributed by atoms with Gasteiger partial charge in [-0.15, -0.1) is 0 Å². The molecule has 1 aliphatic rings. The Balaban J connectivity index is 2.71. The topological polar surface area (TPSA) is 87.7 Å². The monoisotopic (exact) mass is 269 g/mol. The summed E-state index contributed by atoms with van der Waals surface area (Å²) < 4.78 is 0. The van der Waals surface area contributed by atoms with Gasteiger partial charge in [0.1, 0.15) is 5.41 Å². The van der Waals surface area contributed by atoms with Gasteiger partial charge in [-0.05, 0) is 30.1 Å². The van der Waals surface area contributed by atoms with Gasteiger partial charge in [-0.3, -0.25) is 4.79 Å². The molecule has 1 fully saturated rings. The zero-order valence-corrected chi connectivity index (χ0v) is 12.7. The molecule has 0 aromatic carbocycles. The highest BCUT2D eigenvalue weighted by molar-refractivity contribution is 6.07. The number of hydrogen-bond acceptors (Lipinski definition) is 3. The molecule has 0 heterocycles. The molecule has 1 amide bonds. The Morgan fingerprint density at radius 2 is 2.05 bits per heavy atom. The van der Waals surface area contributed by atoms with Crippen LogP contribution < -0.4 is 11.1 Å². The van der Waals surface area contributed by atoms with Crippen LogP contribution in [0.2, 0.25) is 0 Å². The van der Waals surface area contributed by atoms with E-state index < -0.39 is 5.41 Å². The molecule has 0 unspecified atom stereocenters. The van der Waals surface area contributed by atoms with E-state index in [0.717, 1.165) is 0 Å². The van der Waals surface area contributed by atoms with Crippen LogP contribution in [0.15, 0.2) is 5.16 Å². The minimum Gasteiger partial charge on any atom is -0.409 e. The second-order valence-corrected chi connectivity index (χ2v) is 6.91. The Labute approximate surface area is 115 Å². The number of carbonyl (C=O) groups is 1. The number of oxime groups is 1. The number of amides is 1. The standard InChI is InChI=1S/C14H27N3O2/c1-9(2)13(4,5)8-16-12(18)14(11(15)17-19)6-10(3)7-14/h9-10,19H,6-8H2,1-5H3,(H2,15,17)(H,16,18). The van der Waals surface area contributed by atoms with E-state index in [2.05, 4.69) is 45.1 Å². The summed E-state index contributed by atoms with van der Waals surface area (Å²) in [6.45, 7) is 11.2. The normalized spacial score (nSPS) is 28.1. The molecule has 1 rings (SSSR count). The third kappa shape index (κ3) is 3.01. The van der Waals surface area contributed by atoms with Gasteiger partial charge in [0.2, 0.25) is 5.91 Å². The van der Waals surface area contributed by atoms with E-state index in [0.29, 0.717) is 31.2 Å². The average molecular weight is 269 g/mol. The van der Waals surface area contributed by atoms with E-state index >= 15 is 0 Å². The van der Waals surface area contributed by atoms with Crippen LogP contribution in [-0.2, 0) is 4.79 Å². The first-order chi connectivity index (χ1) is 8.65. The summed E-state index contributed by atoms with van der Waals surface area (Å²) in [6.07, 6.45) is 1.30. The zero-order chi connectivity index (χ0) is 14.8. The number of amidine groups is 1. The smallest absolute Gasteiger partial charge is 0.233 e. The summed E-state index contributed by atoms with van der Waals surface area (Å²) in [5, 5.41) is 14.9. The first-order valence-electron chi connectivity index (χ1n) is 6.92. The van der Waals surface area contributed by atoms with Gasteiger partial charge in [0.05, 0.1) is 0 Å². The molecule has 0 bridgehead atoms. The Morgan fingerprint density at radius 1 is 1.53 bits per heavy atom. The molecule has 0 aromatic rings. The van der Waals surface area contributed by atoms with Gasteiger partial charge < -0.3 is 16.3 Å². The van der Waals surface area contributed by atoms with Crippen molar-refractivity contribution in [2.24, 2.45) is 33.6 Å². The minimum atomic E-state index is -0.804. The minimum absolute atomic E-state index is 0.0251. The lowest BCUT2D eigenvalue weighted by Crippen LogP contribution is -2.57. The third-order valence-corrected chi connectivity index (χ3v) is 4.69. The number of nitrogens with two attached hydrogens (primary N) is 1. The third-order valence-electron chi connectivity index (χ3n) is 4.69. The molecule has 0 aliphatic heterocycles. The van der Waals surface area contributed by atoms with E-state index in [1.807, 2.05) is 0 Å². The summed E-state index contributed by atoms with van der Waals surface area (Å²) in [7, 11) is 0. The van der Waals surface area contributed by atoms with Crippen molar-refractivity contribution in [3.8, 4) is 0 Å². The Bertz CT molecular complexity index is 369. The average Bonchev–Trinajstić information content (AvgIpc) is 2.30. The van der Waals surface area contributed by atoms with Gasteiger partial charge in [0.15, 0.2) is 5.84 Å². The van der Waals surface area contributed by atoms with Gasteiger partial charge in [-0.2, -0.15) is 0 Å². The number of nitrogens with zero attached hydrogens (tertiary/aromatic N) is 1. The summed E-state index contributed by atoms with van der Waals surface area (Å²) in [4.78, 5) is 12.4. The maximum Gasteiger partial charge on any atom is 0.233 e. The molecule has 0 aromatic heterocycles. The summed E-state index contributed by atoms with van der Waals surface area (Å²) in [5.74, 6) is 0.817. The fourth-order valence-corrected chi connectivity index (χ4v) is 2.42. The molecular weight excluding hydrogens is 242 g/mol. The lowest BCUT2D eigenvalue weighted by atomic mass is 9.61. The molecule has 4 N–H and O–H groups in total. The highest BCUT2D eigenvalue weighted by atomic mass is 16.4. The van der Waals surface area contributed by atoms with Crippen molar-refractivity contribution in [2.75, 3.05) is 6.54 Å². The van der Waals surface area contributed by atoms with Gasteiger partial charge in [-0.25, -0.2) is 0 Å². The fourth-order valence-electron chi connectivity index (χ4n) is 2.42. The summed E-state index contributed by atoms with van der Waals surface area (Å²) in [5.41, 5.74) is 4.94. The Kier molecular flexibility index (Phi) is 4.48. The maximum absolute atomic E-state index is 12.4. The molecule has 1 aliphatic carbocycles. The van der Waals surface area contributed by atoms with Crippen LogP contribution in [0, 0.1) is 22.7 Å². The van der Waals surface area contributed by atoms with Crippen LogP contribution in [0.1, 0.15) is 47.5 Å². The van der Waals surface area contributed by atoms with Crippen molar-refractivity contribution in [1.82, 2.24) is 5.32 Å². The van der Waals surface area contributed by atoms with Gasteiger partial charge >= 0.3 is 0 Å². The zero-order valence-electron chi connectivity index (χ0n) is 12.7. The van der Waals surface area contributed by atoms with Crippen LogP contribution >= 0.6 is 0 Å². The number of rotatable bonds is 5. The molecule has 110 valence electrons. The second-order valence-electron chi connectivity index (χ2n) is 6.91. The maximum atomic E-state index is 12.4. The number of hydrogen-bond donors (Lipinski definition) is 3. The Morgan fingerprint density at radius 3 is 2.42 bits per heavy atom. The lowest BCUT2D eigenvalue weighted by Gasteiger charge is -2.44. The molecule has 0 atom stereocenters. The highest BCUT2D eigenvalue weighted by Crippen LogP contribution is 2.46. The molecule has 0 radical (unpaired) electrons. The summed E-state index contributed by atoms with van der Waals surface area (Å²) in [6, 6.07) is 0. The van der Waals surface area contributed by atoms with E-state index in [4.69, 9.17) is 10.9 Å². The molecule has 0 saturated heterocycles. The Hall–Kier alpha value is -1.26.